The van der Waals surface area contributed by atoms with Crippen molar-refractivity contribution in [1.82, 2.24) is 9.88 Å². The molecule has 0 atom stereocenters. The van der Waals surface area contributed by atoms with Crippen LogP contribution in [0.5, 0.6) is 0 Å². The third-order valence-corrected chi connectivity index (χ3v) is 5.03. The summed E-state index contributed by atoms with van der Waals surface area (Å²) >= 11 is 5.94. The van der Waals surface area contributed by atoms with E-state index in [0.29, 0.717) is 10.7 Å². The normalized spacial score (nSPS) is 18.0. The average Bonchev–Trinajstić information content (AvgIpc) is 2.37. The zero-order valence-electron chi connectivity index (χ0n) is 11.3. The summed E-state index contributed by atoms with van der Waals surface area (Å²) in [5.74, 6) is -0.125. The van der Waals surface area contributed by atoms with Gasteiger partial charge in [0.1, 0.15) is 5.15 Å². The Kier molecular flexibility index (Phi) is 4.65. The van der Waals surface area contributed by atoms with Gasteiger partial charge in [-0.05, 0) is 18.6 Å². The van der Waals surface area contributed by atoms with E-state index in [0.717, 1.165) is 18.5 Å². The molecule has 1 aliphatic rings. The number of pyridine rings is 1. The Morgan fingerprint density at radius 2 is 2.00 bits per heavy atom. The van der Waals surface area contributed by atoms with E-state index in [1.165, 1.54) is 6.07 Å². The molecule has 0 spiro atoms. The fourth-order valence-electron chi connectivity index (χ4n) is 2.16. The van der Waals surface area contributed by atoms with E-state index >= 15 is 0 Å². The second-order valence-corrected chi connectivity index (χ2v) is 7.55. The number of aromatic nitrogens is 1. The number of hydrogen-bond donors (Lipinski definition) is 0. The first-order valence-corrected chi connectivity index (χ1v) is 8.77. The summed E-state index contributed by atoms with van der Waals surface area (Å²) in [6.45, 7) is 2.51. The van der Waals surface area contributed by atoms with Crippen LogP contribution in [0.3, 0.4) is 0 Å². The average molecular weight is 317 g/mol. The van der Waals surface area contributed by atoms with E-state index < -0.39 is 9.84 Å². The van der Waals surface area contributed by atoms with Gasteiger partial charge in [-0.1, -0.05) is 24.9 Å². The van der Waals surface area contributed by atoms with Crippen molar-refractivity contribution < 1.29 is 13.2 Å². The van der Waals surface area contributed by atoms with Crippen LogP contribution in [0.1, 0.15) is 29.4 Å². The molecule has 2 rings (SSSR count). The zero-order valence-corrected chi connectivity index (χ0v) is 12.9. The molecule has 7 heteroatoms. The third kappa shape index (κ3) is 3.70. The molecule has 1 aromatic heterocycles. The Morgan fingerprint density at radius 3 is 2.60 bits per heavy atom. The number of aryl methyl sites for hydroxylation is 1. The lowest BCUT2D eigenvalue weighted by Gasteiger charge is -2.26. The van der Waals surface area contributed by atoms with Crippen molar-refractivity contribution in [3.63, 3.8) is 0 Å². The van der Waals surface area contributed by atoms with Crippen LogP contribution in [0.2, 0.25) is 5.15 Å². The molecular weight excluding hydrogens is 300 g/mol. The molecule has 0 radical (unpaired) electrons. The van der Waals surface area contributed by atoms with Crippen LogP contribution in [-0.4, -0.2) is 48.8 Å². The molecule has 20 heavy (non-hydrogen) atoms. The molecule has 1 aliphatic heterocycles. The Morgan fingerprint density at radius 1 is 1.35 bits per heavy atom. The standard InChI is InChI=1S/C13H17ClN2O3S/c1-2-3-11-8-10(9-12(14)15-11)13(17)16-4-6-20(18,19)7-5-16/h8-9H,2-7H2,1H3. The van der Waals surface area contributed by atoms with Gasteiger partial charge in [-0.2, -0.15) is 0 Å². The molecule has 1 saturated heterocycles. The molecule has 0 aliphatic carbocycles. The molecule has 0 N–H and O–H groups in total. The highest BCUT2D eigenvalue weighted by molar-refractivity contribution is 7.91. The maximum Gasteiger partial charge on any atom is 0.254 e. The molecule has 5 nitrogen and oxygen atoms in total. The van der Waals surface area contributed by atoms with Crippen LogP contribution in [0.25, 0.3) is 0 Å². The van der Waals surface area contributed by atoms with Gasteiger partial charge in [0.05, 0.1) is 11.5 Å². The Labute approximate surface area is 123 Å². The molecule has 2 heterocycles. The van der Waals surface area contributed by atoms with Gasteiger partial charge in [-0.25, -0.2) is 13.4 Å². The van der Waals surface area contributed by atoms with Gasteiger partial charge < -0.3 is 4.90 Å². The van der Waals surface area contributed by atoms with Crippen LogP contribution in [0.15, 0.2) is 12.1 Å². The maximum absolute atomic E-state index is 12.4. The van der Waals surface area contributed by atoms with E-state index in [4.69, 9.17) is 11.6 Å². The zero-order chi connectivity index (χ0) is 14.8. The highest BCUT2D eigenvalue weighted by Crippen LogP contribution is 2.16. The van der Waals surface area contributed by atoms with E-state index in [1.54, 1.807) is 11.0 Å². The maximum atomic E-state index is 12.4. The van der Waals surface area contributed by atoms with Crippen LogP contribution in [0.4, 0.5) is 0 Å². The summed E-state index contributed by atoms with van der Waals surface area (Å²) in [6.07, 6.45) is 1.68. The van der Waals surface area contributed by atoms with Gasteiger partial charge in [-0.3, -0.25) is 4.79 Å². The van der Waals surface area contributed by atoms with E-state index in [9.17, 15) is 13.2 Å². The molecule has 0 aromatic carbocycles. The Bertz CT molecular complexity index is 602. The monoisotopic (exact) mass is 316 g/mol. The summed E-state index contributed by atoms with van der Waals surface area (Å²) in [5, 5.41) is 0.295. The minimum absolute atomic E-state index is 0.0272. The Balaban J connectivity index is 2.17. The number of carbonyl (C=O) groups excluding carboxylic acids is 1. The van der Waals surface area contributed by atoms with Crippen molar-refractivity contribution >= 4 is 27.3 Å². The second-order valence-electron chi connectivity index (χ2n) is 4.86. The molecule has 1 aromatic rings. The van der Waals surface area contributed by atoms with Crippen molar-refractivity contribution in [2.24, 2.45) is 0 Å². The van der Waals surface area contributed by atoms with E-state index in [-0.39, 0.29) is 30.5 Å². The second kappa shape index (κ2) is 6.10. The SMILES string of the molecule is CCCc1cc(C(=O)N2CCS(=O)(=O)CC2)cc(Cl)n1. The summed E-state index contributed by atoms with van der Waals surface area (Å²) in [4.78, 5) is 18.1. The first-order chi connectivity index (χ1) is 9.41. The number of amides is 1. The van der Waals surface area contributed by atoms with Gasteiger partial charge in [0, 0.05) is 24.3 Å². The summed E-state index contributed by atoms with van der Waals surface area (Å²) < 4.78 is 22.8. The smallest absolute Gasteiger partial charge is 0.254 e. The summed E-state index contributed by atoms with van der Waals surface area (Å²) in [6, 6.07) is 3.27. The minimum atomic E-state index is -2.99. The number of hydrogen-bond acceptors (Lipinski definition) is 4. The highest BCUT2D eigenvalue weighted by Gasteiger charge is 2.26. The third-order valence-electron chi connectivity index (χ3n) is 3.23. The molecule has 0 bridgehead atoms. The highest BCUT2D eigenvalue weighted by atomic mass is 35.5. The van der Waals surface area contributed by atoms with Crippen molar-refractivity contribution in [1.29, 1.82) is 0 Å². The van der Waals surface area contributed by atoms with Crippen LogP contribution < -0.4 is 0 Å². The minimum Gasteiger partial charge on any atom is -0.337 e. The predicted octanol–water partition coefficient (Wildman–Crippen LogP) is 1.56. The fourth-order valence-corrected chi connectivity index (χ4v) is 3.58. The summed E-state index contributed by atoms with van der Waals surface area (Å²) in [7, 11) is -2.99. The summed E-state index contributed by atoms with van der Waals surface area (Å²) in [5.41, 5.74) is 1.26. The largest absolute Gasteiger partial charge is 0.337 e. The number of sulfone groups is 1. The fraction of sp³-hybridized carbons (Fsp3) is 0.538. The quantitative estimate of drug-likeness (QED) is 0.794. The van der Waals surface area contributed by atoms with Crippen molar-refractivity contribution in [2.75, 3.05) is 24.6 Å². The molecule has 1 fully saturated rings. The topological polar surface area (TPSA) is 67.3 Å². The molecule has 0 unspecified atom stereocenters. The lowest BCUT2D eigenvalue weighted by Crippen LogP contribution is -2.43. The molecular formula is C13H17ClN2O3S. The molecule has 110 valence electrons. The number of carbonyl (C=O) groups is 1. The van der Waals surface area contributed by atoms with E-state index in [2.05, 4.69) is 4.98 Å². The van der Waals surface area contributed by atoms with Gasteiger partial charge in [-0.15, -0.1) is 0 Å². The van der Waals surface area contributed by atoms with Gasteiger partial charge in [0.2, 0.25) is 0 Å². The van der Waals surface area contributed by atoms with Crippen molar-refractivity contribution in [3.8, 4) is 0 Å². The van der Waals surface area contributed by atoms with Crippen LogP contribution >= 0.6 is 11.6 Å². The van der Waals surface area contributed by atoms with E-state index in [1.807, 2.05) is 6.92 Å². The molecule has 1 amide bonds. The molecule has 0 saturated carbocycles. The first kappa shape index (κ1) is 15.3. The number of halogens is 1. The lowest BCUT2D eigenvalue weighted by molar-refractivity contribution is 0.0770. The first-order valence-electron chi connectivity index (χ1n) is 6.57. The van der Waals surface area contributed by atoms with Gasteiger partial charge in [0.15, 0.2) is 9.84 Å². The van der Waals surface area contributed by atoms with Crippen LogP contribution in [-0.2, 0) is 16.3 Å². The van der Waals surface area contributed by atoms with Crippen molar-refractivity contribution in [3.05, 3.63) is 28.5 Å². The van der Waals surface area contributed by atoms with Crippen molar-refractivity contribution in [2.45, 2.75) is 19.8 Å². The lowest BCUT2D eigenvalue weighted by atomic mass is 10.1. The van der Waals surface area contributed by atoms with Crippen LogP contribution in [0, 0.1) is 0 Å². The Hall–Kier alpha value is -1.14. The van der Waals surface area contributed by atoms with Gasteiger partial charge >= 0.3 is 0 Å². The predicted molar refractivity (Wildman–Crippen MR) is 77.8 cm³/mol. The number of rotatable bonds is 3. The number of nitrogens with zero attached hydrogens (tertiary/aromatic N) is 2. The van der Waals surface area contributed by atoms with Gasteiger partial charge in [0.25, 0.3) is 5.91 Å².